The lowest BCUT2D eigenvalue weighted by atomic mass is 10.1. The van der Waals surface area contributed by atoms with Gasteiger partial charge in [0.25, 0.3) is 0 Å². The van der Waals surface area contributed by atoms with Gasteiger partial charge in [-0.05, 0) is 25.0 Å². The fraction of sp³-hybridized carbons (Fsp3) is 0.294. The van der Waals surface area contributed by atoms with E-state index in [-0.39, 0.29) is 0 Å². The summed E-state index contributed by atoms with van der Waals surface area (Å²) in [6.07, 6.45) is 4.04. The molecule has 1 saturated heterocycles. The molecule has 0 spiro atoms. The highest BCUT2D eigenvalue weighted by atomic mass is 32.1. The van der Waals surface area contributed by atoms with Crippen LogP contribution in [-0.2, 0) is 4.74 Å². The fourth-order valence-electron chi connectivity index (χ4n) is 3.12. The number of ether oxygens (including phenoxy) is 1. The Morgan fingerprint density at radius 3 is 2.96 bits per heavy atom. The van der Waals surface area contributed by atoms with E-state index in [1.165, 1.54) is 5.39 Å². The molecule has 1 aliphatic rings. The standard InChI is InChI=1S/C17H17N5OS/c1-2-4-13-11(3-1)9-14(19-13)15-10-22-17(20-15)24-16(21-22)18-12-5-7-23-8-6-12/h1-4,9-10,12,19H,5-8H2,(H,18,21). The Balaban J connectivity index is 1.43. The lowest BCUT2D eigenvalue weighted by Crippen LogP contribution is -2.27. The minimum absolute atomic E-state index is 0.447. The summed E-state index contributed by atoms with van der Waals surface area (Å²) >= 11 is 1.59. The summed E-state index contributed by atoms with van der Waals surface area (Å²) < 4.78 is 7.25. The molecule has 4 heterocycles. The van der Waals surface area contributed by atoms with E-state index in [2.05, 4.69) is 33.6 Å². The Kier molecular flexibility index (Phi) is 3.27. The molecule has 122 valence electrons. The normalized spacial score (nSPS) is 16.2. The molecule has 1 aliphatic heterocycles. The summed E-state index contributed by atoms with van der Waals surface area (Å²) in [6.45, 7) is 1.65. The molecule has 0 radical (unpaired) electrons. The van der Waals surface area contributed by atoms with Gasteiger partial charge in [0.1, 0.15) is 5.69 Å². The number of H-pyrrole nitrogens is 1. The van der Waals surface area contributed by atoms with E-state index in [1.54, 1.807) is 11.3 Å². The van der Waals surface area contributed by atoms with Crippen molar-refractivity contribution in [3.8, 4) is 11.4 Å². The molecule has 5 rings (SSSR count). The summed E-state index contributed by atoms with van der Waals surface area (Å²) in [4.78, 5) is 9.03. The van der Waals surface area contributed by atoms with Crippen LogP contribution in [-0.4, -0.2) is 38.8 Å². The van der Waals surface area contributed by atoms with Gasteiger partial charge in [-0.3, -0.25) is 0 Å². The molecule has 0 unspecified atom stereocenters. The molecule has 0 amide bonds. The summed E-state index contributed by atoms with van der Waals surface area (Å²) in [6, 6.07) is 10.8. The van der Waals surface area contributed by atoms with Crippen LogP contribution >= 0.6 is 11.3 Å². The molecule has 6 nitrogen and oxygen atoms in total. The van der Waals surface area contributed by atoms with E-state index in [0.717, 1.165) is 53.1 Å². The molecule has 1 fully saturated rings. The second kappa shape index (κ2) is 5.61. The van der Waals surface area contributed by atoms with Gasteiger partial charge in [-0.15, -0.1) is 5.10 Å². The molecule has 0 aliphatic carbocycles. The maximum atomic E-state index is 5.39. The van der Waals surface area contributed by atoms with Crippen LogP contribution in [0, 0.1) is 0 Å². The maximum absolute atomic E-state index is 5.39. The number of fused-ring (bicyclic) bond motifs is 2. The van der Waals surface area contributed by atoms with E-state index < -0.39 is 0 Å². The van der Waals surface area contributed by atoms with Gasteiger partial charge in [-0.1, -0.05) is 29.5 Å². The Hall–Kier alpha value is -2.38. The number of nitrogens with one attached hydrogen (secondary N) is 2. The van der Waals surface area contributed by atoms with Crippen LogP contribution in [0.15, 0.2) is 36.5 Å². The van der Waals surface area contributed by atoms with E-state index >= 15 is 0 Å². The van der Waals surface area contributed by atoms with Gasteiger partial charge in [0.15, 0.2) is 0 Å². The van der Waals surface area contributed by atoms with Crippen molar-refractivity contribution in [3.63, 3.8) is 0 Å². The van der Waals surface area contributed by atoms with Crippen LogP contribution < -0.4 is 5.32 Å². The highest BCUT2D eigenvalue weighted by Gasteiger charge is 2.17. The zero-order valence-corrected chi connectivity index (χ0v) is 13.8. The predicted molar refractivity (Wildman–Crippen MR) is 95.6 cm³/mol. The summed E-state index contributed by atoms with van der Waals surface area (Å²) in [5.41, 5.74) is 3.06. The van der Waals surface area contributed by atoms with E-state index in [0.29, 0.717) is 6.04 Å². The van der Waals surface area contributed by atoms with Crippen LogP contribution in [0.5, 0.6) is 0 Å². The largest absolute Gasteiger partial charge is 0.381 e. The second-order valence-electron chi connectivity index (χ2n) is 6.06. The van der Waals surface area contributed by atoms with Crippen LogP contribution in [0.2, 0.25) is 0 Å². The van der Waals surface area contributed by atoms with Crippen LogP contribution in [0.3, 0.4) is 0 Å². The molecule has 24 heavy (non-hydrogen) atoms. The van der Waals surface area contributed by atoms with E-state index in [4.69, 9.17) is 9.72 Å². The molecule has 0 atom stereocenters. The number of para-hydroxylation sites is 1. The predicted octanol–water partition coefficient (Wildman–Crippen LogP) is 3.53. The van der Waals surface area contributed by atoms with Gasteiger partial charge in [0.2, 0.25) is 10.1 Å². The lowest BCUT2D eigenvalue weighted by Gasteiger charge is -2.22. The van der Waals surface area contributed by atoms with Gasteiger partial charge in [0, 0.05) is 30.2 Å². The van der Waals surface area contributed by atoms with Crippen LogP contribution in [0.25, 0.3) is 27.3 Å². The Morgan fingerprint density at radius 2 is 2.12 bits per heavy atom. The first kappa shape index (κ1) is 14.0. The Bertz CT molecular complexity index is 930. The van der Waals surface area contributed by atoms with E-state index in [1.807, 2.05) is 22.8 Å². The Labute approximate surface area is 142 Å². The number of anilines is 1. The van der Waals surface area contributed by atoms with Gasteiger partial charge in [0.05, 0.1) is 11.9 Å². The van der Waals surface area contributed by atoms with E-state index in [9.17, 15) is 0 Å². The third-order valence-corrected chi connectivity index (χ3v) is 5.25. The molecule has 0 bridgehead atoms. The van der Waals surface area contributed by atoms with Crippen molar-refractivity contribution in [2.24, 2.45) is 0 Å². The number of rotatable bonds is 3. The topological polar surface area (TPSA) is 67.2 Å². The number of aromatic amines is 1. The summed E-state index contributed by atoms with van der Waals surface area (Å²) in [5, 5.41) is 10.2. The first-order valence-corrected chi connectivity index (χ1v) is 8.95. The zero-order chi connectivity index (χ0) is 15.9. The molecule has 3 aromatic heterocycles. The molecular formula is C17H17N5OS. The van der Waals surface area contributed by atoms with Crippen molar-refractivity contribution in [2.75, 3.05) is 18.5 Å². The lowest BCUT2D eigenvalue weighted by molar-refractivity contribution is 0.0904. The first-order valence-electron chi connectivity index (χ1n) is 8.14. The average Bonchev–Trinajstić information content (AvgIpc) is 3.27. The van der Waals surface area contributed by atoms with Crippen molar-refractivity contribution in [1.82, 2.24) is 19.6 Å². The molecule has 4 aromatic rings. The Morgan fingerprint density at radius 1 is 1.25 bits per heavy atom. The van der Waals surface area contributed by atoms with Crippen molar-refractivity contribution in [2.45, 2.75) is 18.9 Å². The van der Waals surface area contributed by atoms with Crippen LogP contribution in [0.1, 0.15) is 12.8 Å². The van der Waals surface area contributed by atoms with Crippen LogP contribution in [0.4, 0.5) is 5.13 Å². The molecule has 1 aromatic carbocycles. The first-order chi connectivity index (χ1) is 11.8. The average molecular weight is 339 g/mol. The number of nitrogens with zero attached hydrogens (tertiary/aromatic N) is 3. The van der Waals surface area contributed by atoms with Crippen molar-refractivity contribution >= 4 is 32.3 Å². The minimum atomic E-state index is 0.447. The van der Waals surface area contributed by atoms with Gasteiger partial charge in [-0.2, -0.15) is 0 Å². The quantitative estimate of drug-likeness (QED) is 0.599. The molecular weight excluding hydrogens is 322 g/mol. The highest BCUT2D eigenvalue weighted by Crippen LogP contribution is 2.27. The number of benzene rings is 1. The highest BCUT2D eigenvalue weighted by molar-refractivity contribution is 7.20. The van der Waals surface area contributed by atoms with Crippen molar-refractivity contribution < 1.29 is 4.74 Å². The SMILES string of the molecule is c1ccc2[nH]c(-c3cn4nc(NC5CCOCC5)sc4n3)cc2c1. The monoisotopic (exact) mass is 339 g/mol. The summed E-state index contributed by atoms with van der Waals surface area (Å²) in [5.74, 6) is 0. The minimum Gasteiger partial charge on any atom is -0.381 e. The fourth-order valence-corrected chi connectivity index (χ4v) is 3.97. The third kappa shape index (κ3) is 2.46. The van der Waals surface area contributed by atoms with Gasteiger partial charge >= 0.3 is 0 Å². The van der Waals surface area contributed by atoms with Gasteiger partial charge in [-0.25, -0.2) is 9.50 Å². The third-order valence-electron chi connectivity index (χ3n) is 4.40. The zero-order valence-electron chi connectivity index (χ0n) is 13.0. The summed E-state index contributed by atoms with van der Waals surface area (Å²) in [7, 11) is 0. The number of hydrogen-bond acceptors (Lipinski definition) is 5. The number of hydrogen-bond donors (Lipinski definition) is 2. The smallest absolute Gasteiger partial charge is 0.214 e. The molecule has 2 N–H and O–H groups in total. The second-order valence-corrected chi connectivity index (χ2v) is 7.02. The molecule has 0 saturated carbocycles. The van der Waals surface area contributed by atoms with Crippen molar-refractivity contribution in [1.29, 1.82) is 0 Å². The van der Waals surface area contributed by atoms with Crippen molar-refractivity contribution in [3.05, 3.63) is 36.5 Å². The number of aromatic nitrogens is 4. The number of imidazole rings is 1. The maximum Gasteiger partial charge on any atom is 0.214 e. The van der Waals surface area contributed by atoms with Gasteiger partial charge < -0.3 is 15.0 Å². The molecule has 7 heteroatoms.